The molecule has 2 N–H and O–H groups in total. The Hall–Kier alpha value is -2.05. The summed E-state index contributed by atoms with van der Waals surface area (Å²) in [5.74, 6) is 0.469. The number of aromatic hydroxyl groups is 1. The minimum atomic E-state index is -4.30. The highest BCUT2D eigenvalue weighted by Gasteiger charge is 2.12. The molecule has 0 amide bonds. The van der Waals surface area contributed by atoms with E-state index < -0.39 is 10.1 Å². The molecule has 0 heterocycles. The third kappa shape index (κ3) is 6.07. The van der Waals surface area contributed by atoms with Gasteiger partial charge in [-0.2, -0.15) is 8.42 Å². The van der Waals surface area contributed by atoms with Gasteiger partial charge in [-0.05, 0) is 42.7 Å². The smallest absolute Gasteiger partial charge is 0.294 e. The molecule has 0 unspecified atom stereocenters. The maximum Gasteiger partial charge on any atom is 0.294 e. The van der Waals surface area contributed by atoms with E-state index in [4.69, 9.17) is 9.29 Å². The molecule has 0 saturated carbocycles. The first-order valence-electron chi connectivity index (χ1n) is 8.47. The molecule has 0 spiro atoms. The first-order chi connectivity index (χ1) is 11.9. The molecule has 0 aliphatic heterocycles. The molecule has 136 valence electrons. The zero-order valence-corrected chi connectivity index (χ0v) is 15.1. The minimum absolute atomic E-state index is 0.0213. The molecule has 2 aromatic carbocycles. The van der Waals surface area contributed by atoms with Crippen molar-refractivity contribution in [3.63, 3.8) is 0 Å². The van der Waals surface area contributed by atoms with Gasteiger partial charge in [-0.15, -0.1) is 0 Å². The number of hydrogen-bond donors (Lipinski definition) is 2. The summed E-state index contributed by atoms with van der Waals surface area (Å²) in [5, 5.41) is 9.97. The SMILES string of the molecule is CCCCCCCc1ccc(O)c(Oc2cccc(S(=O)(=O)O)c2)c1. The van der Waals surface area contributed by atoms with Crippen LogP contribution in [0.1, 0.15) is 44.6 Å². The van der Waals surface area contributed by atoms with Crippen molar-refractivity contribution in [2.24, 2.45) is 0 Å². The Kier molecular flexibility index (Phi) is 6.84. The summed E-state index contributed by atoms with van der Waals surface area (Å²) in [6.45, 7) is 2.18. The molecule has 2 aromatic rings. The Labute approximate surface area is 149 Å². The molecule has 0 saturated heterocycles. The second-order valence-corrected chi connectivity index (χ2v) is 7.44. The lowest BCUT2D eigenvalue weighted by Gasteiger charge is -2.10. The van der Waals surface area contributed by atoms with Crippen LogP contribution >= 0.6 is 0 Å². The molecule has 0 aromatic heterocycles. The van der Waals surface area contributed by atoms with Crippen LogP contribution < -0.4 is 4.74 Å². The number of benzene rings is 2. The van der Waals surface area contributed by atoms with Crippen LogP contribution in [0.3, 0.4) is 0 Å². The Bertz CT molecular complexity index is 799. The highest BCUT2D eigenvalue weighted by atomic mass is 32.2. The predicted octanol–water partition coefficient (Wildman–Crippen LogP) is 4.94. The number of unbranched alkanes of at least 4 members (excludes halogenated alkanes) is 4. The molecule has 0 radical (unpaired) electrons. The highest BCUT2D eigenvalue weighted by Crippen LogP contribution is 2.32. The van der Waals surface area contributed by atoms with Gasteiger partial charge in [0.2, 0.25) is 0 Å². The van der Waals surface area contributed by atoms with E-state index in [2.05, 4.69) is 6.92 Å². The van der Waals surface area contributed by atoms with Crippen molar-refractivity contribution in [1.82, 2.24) is 0 Å². The summed E-state index contributed by atoms with van der Waals surface area (Å²) >= 11 is 0. The molecular formula is C19H24O5S. The molecular weight excluding hydrogens is 340 g/mol. The normalized spacial score (nSPS) is 11.4. The third-order valence-corrected chi connectivity index (χ3v) is 4.77. The average molecular weight is 364 g/mol. The average Bonchev–Trinajstić information content (AvgIpc) is 2.57. The van der Waals surface area contributed by atoms with Gasteiger partial charge >= 0.3 is 0 Å². The van der Waals surface area contributed by atoms with Crippen LogP contribution in [0.15, 0.2) is 47.4 Å². The van der Waals surface area contributed by atoms with E-state index in [-0.39, 0.29) is 22.1 Å². The van der Waals surface area contributed by atoms with Crippen molar-refractivity contribution in [2.45, 2.75) is 50.3 Å². The van der Waals surface area contributed by atoms with Crippen LogP contribution in [0.2, 0.25) is 0 Å². The van der Waals surface area contributed by atoms with E-state index in [1.807, 2.05) is 6.07 Å². The second kappa shape index (κ2) is 8.87. The van der Waals surface area contributed by atoms with Crippen molar-refractivity contribution in [3.8, 4) is 17.2 Å². The van der Waals surface area contributed by atoms with Crippen LogP contribution in [0.25, 0.3) is 0 Å². The topological polar surface area (TPSA) is 83.8 Å². The van der Waals surface area contributed by atoms with Crippen LogP contribution in [-0.4, -0.2) is 18.1 Å². The number of rotatable bonds is 9. The van der Waals surface area contributed by atoms with Gasteiger partial charge in [0.1, 0.15) is 5.75 Å². The van der Waals surface area contributed by atoms with Crippen molar-refractivity contribution in [2.75, 3.05) is 0 Å². The van der Waals surface area contributed by atoms with Gasteiger partial charge < -0.3 is 9.84 Å². The van der Waals surface area contributed by atoms with Gasteiger partial charge in [0, 0.05) is 6.07 Å². The molecule has 2 rings (SSSR count). The summed E-state index contributed by atoms with van der Waals surface area (Å²) in [5.41, 5.74) is 1.05. The fourth-order valence-electron chi connectivity index (χ4n) is 2.55. The first kappa shape index (κ1) is 19.3. The molecule has 0 atom stereocenters. The zero-order valence-electron chi connectivity index (χ0n) is 14.3. The number of aryl methyl sites for hydroxylation is 1. The maximum atomic E-state index is 11.2. The summed E-state index contributed by atoms with van der Waals surface area (Å²) in [7, 11) is -4.30. The fourth-order valence-corrected chi connectivity index (χ4v) is 3.07. The number of hydrogen-bond acceptors (Lipinski definition) is 4. The van der Waals surface area contributed by atoms with Crippen LogP contribution in [-0.2, 0) is 16.5 Å². The van der Waals surface area contributed by atoms with Gasteiger partial charge in [0.15, 0.2) is 11.5 Å². The Morgan fingerprint density at radius 2 is 1.76 bits per heavy atom. The first-order valence-corrected chi connectivity index (χ1v) is 9.91. The van der Waals surface area contributed by atoms with E-state index in [0.29, 0.717) is 0 Å². The van der Waals surface area contributed by atoms with Gasteiger partial charge in [0.05, 0.1) is 4.90 Å². The molecule has 5 nitrogen and oxygen atoms in total. The van der Waals surface area contributed by atoms with Gasteiger partial charge in [-0.3, -0.25) is 4.55 Å². The number of phenols is 1. The lowest BCUT2D eigenvalue weighted by molar-refractivity contribution is 0.409. The Morgan fingerprint density at radius 1 is 1.00 bits per heavy atom. The summed E-state index contributed by atoms with van der Waals surface area (Å²) < 4.78 is 37.1. The van der Waals surface area contributed by atoms with Crippen molar-refractivity contribution in [1.29, 1.82) is 0 Å². The van der Waals surface area contributed by atoms with Crippen molar-refractivity contribution in [3.05, 3.63) is 48.0 Å². The standard InChI is InChI=1S/C19H24O5S/c1-2-3-4-5-6-8-15-11-12-18(20)19(13-15)24-16-9-7-10-17(14-16)25(21,22)23/h7,9-14,20H,2-6,8H2,1H3,(H,21,22,23). The quantitative estimate of drug-likeness (QED) is 0.486. The molecule has 25 heavy (non-hydrogen) atoms. The van der Waals surface area contributed by atoms with Crippen LogP contribution in [0.5, 0.6) is 17.2 Å². The van der Waals surface area contributed by atoms with Gasteiger partial charge in [-0.25, -0.2) is 0 Å². The van der Waals surface area contributed by atoms with Crippen molar-refractivity contribution < 1.29 is 22.8 Å². The Balaban J connectivity index is 2.08. The van der Waals surface area contributed by atoms with Crippen LogP contribution in [0, 0.1) is 0 Å². The predicted molar refractivity (Wildman–Crippen MR) is 96.9 cm³/mol. The van der Waals surface area contributed by atoms with E-state index in [1.54, 1.807) is 18.2 Å². The van der Waals surface area contributed by atoms with Gasteiger partial charge in [0.25, 0.3) is 10.1 Å². The number of phenolic OH excluding ortho intramolecular Hbond substituents is 1. The van der Waals surface area contributed by atoms with E-state index in [1.165, 1.54) is 43.9 Å². The fraction of sp³-hybridized carbons (Fsp3) is 0.368. The second-order valence-electron chi connectivity index (χ2n) is 6.02. The Morgan fingerprint density at radius 3 is 2.48 bits per heavy atom. The monoisotopic (exact) mass is 364 g/mol. The van der Waals surface area contributed by atoms with Crippen molar-refractivity contribution >= 4 is 10.1 Å². The molecule has 6 heteroatoms. The van der Waals surface area contributed by atoms with Gasteiger partial charge in [-0.1, -0.05) is 44.7 Å². The lowest BCUT2D eigenvalue weighted by Crippen LogP contribution is -1.98. The molecule has 0 fully saturated rings. The largest absolute Gasteiger partial charge is 0.504 e. The minimum Gasteiger partial charge on any atom is -0.504 e. The third-order valence-electron chi connectivity index (χ3n) is 3.92. The zero-order chi connectivity index (χ0) is 18.3. The van der Waals surface area contributed by atoms with E-state index >= 15 is 0 Å². The van der Waals surface area contributed by atoms with E-state index in [9.17, 15) is 13.5 Å². The van der Waals surface area contributed by atoms with Crippen LogP contribution in [0.4, 0.5) is 0 Å². The number of ether oxygens (including phenoxy) is 1. The molecule has 0 aliphatic carbocycles. The summed E-state index contributed by atoms with van der Waals surface area (Å²) in [6, 6.07) is 10.7. The summed E-state index contributed by atoms with van der Waals surface area (Å²) in [6.07, 6.45) is 6.81. The lowest BCUT2D eigenvalue weighted by atomic mass is 10.1. The molecule has 0 aliphatic rings. The summed E-state index contributed by atoms with van der Waals surface area (Å²) in [4.78, 5) is -0.253. The van der Waals surface area contributed by atoms with E-state index in [0.717, 1.165) is 18.4 Å². The highest BCUT2D eigenvalue weighted by molar-refractivity contribution is 7.85. The maximum absolute atomic E-state index is 11.2. The molecule has 0 bridgehead atoms.